The van der Waals surface area contributed by atoms with Crippen molar-refractivity contribution < 1.29 is 28.7 Å². The first kappa shape index (κ1) is 24.3. The number of rotatable bonds is 7. The predicted octanol–water partition coefficient (Wildman–Crippen LogP) is 3.83. The van der Waals surface area contributed by atoms with Crippen LogP contribution < -0.4 is 4.74 Å². The van der Waals surface area contributed by atoms with Gasteiger partial charge >= 0.3 is 5.97 Å². The van der Waals surface area contributed by atoms with Gasteiger partial charge in [-0.2, -0.15) is 0 Å². The van der Waals surface area contributed by atoms with E-state index in [4.69, 9.17) is 9.47 Å². The van der Waals surface area contributed by atoms with E-state index in [2.05, 4.69) is 15.9 Å². The number of halogens is 1. The van der Waals surface area contributed by atoms with Crippen molar-refractivity contribution in [2.75, 3.05) is 32.8 Å². The van der Waals surface area contributed by atoms with Crippen LogP contribution in [0.4, 0.5) is 4.79 Å². The van der Waals surface area contributed by atoms with Crippen LogP contribution in [-0.2, 0) is 19.1 Å². The zero-order valence-corrected chi connectivity index (χ0v) is 20.2. The Kier molecular flexibility index (Phi) is 8.75. The number of esters is 1. The quantitative estimate of drug-likeness (QED) is 0.395. The summed E-state index contributed by atoms with van der Waals surface area (Å²) in [5.41, 5.74) is 0.521. The third-order valence-corrected chi connectivity index (χ3v) is 6.44. The number of likely N-dealkylation sites (tertiary alicyclic amines) is 1. The number of carbonyl (C=O) groups is 4. The number of hydrogen-bond acceptors (Lipinski definition) is 7. The molecular formula is C22H25BrN2O6S. The minimum absolute atomic E-state index is 0.192. The Morgan fingerprint density at radius 2 is 1.88 bits per heavy atom. The SMILES string of the molecule is CCOC(=O)COc1ccc(Br)cc1C=C1SC(=O)N(CC(=O)N2CCCCCC2)C1=O. The van der Waals surface area contributed by atoms with Gasteiger partial charge in [0.1, 0.15) is 12.3 Å². The van der Waals surface area contributed by atoms with Gasteiger partial charge in [0, 0.05) is 23.1 Å². The van der Waals surface area contributed by atoms with Gasteiger partial charge in [-0.3, -0.25) is 19.3 Å². The fraction of sp³-hybridized carbons (Fsp3) is 0.455. The molecule has 0 N–H and O–H groups in total. The second kappa shape index (κ2) is 11.5. The molecule has 0 aromatic heterocycles. The Bertz CT molecular complexity index is 927. The topological polar surface area (TPSA) is 93.2 Å². The zero-order chi connectivity index (χ0) is 23.1. The number of amides is 3. The normalized spacial score (nSPS) is 18.1. The molecule has 1 aromatic carbocycles. The molecule has 2 heterocycles. The fourth-order valence-electron chi connectivity index (χ4n) is 3.44. The van der Waals surface area contributed by atoms with Crippen molar-refractivity contribution in [1.29, 1.82) is 0 Å². The van der Waals surface area contributed by atoms with Gasteiger partial charge in [-0.1, -0.05) is 28.8 Å². The third-order valence-electron chi connectivity index (χ3n) is 5.04. The molecule has 0 radical (unpaired) electrons. The monoisotopic (exact) mass is 524 g/mol. The van der Waals surface area contributed by atoms with Gasteiger partial charge in [0.05, 0.1) is 11.5 Å². The predicted molar refractivity (Wildman–Crippen MR) is 124 cm³/mol. The first-order chi connectivity index (χ1) is 15.4. The van der Waals surface area contributed by atoms with E-state index in [1.165, 1.54) is 6.08 Å². The first-order valence-corrected chi connectivity index (χ1v) is 12.1. The van der Waals surface area contributed by atoms with E-state index in [1.54, 1.807) is 30.0 Å². The van der Waals surface area contributed by atoms with E-state index in [1.807, 2.05) is 0 Å². The summed E-state index contributed by atoms with van der Waals surface area (Å²) >= 11 is 4.16. The van der Waals surface area contributed by atoms with Crippen LogP contribution in [0.25, 0.3) is 6.08 Å². The Hall–Kier alpha value is -2.33. The maximum atomic E-state index is 12.9. The summed E-state index contributed by atoms with van der Waals surface area (Å²) < 4.78 is 11.1. The van der Waals surface area contributed by atoms with Gasteiger partial charge in [0.15, 0.2) is 6.61 Å². The van der Waals surface area contributed by atoms with Gasteiger partial charge < -0.3 is 14.4 Å². The molecule has 172 valence electrons. The highest BCUT2D eigenvalue weighted by atomic mass is 79.9. The van der Waals surface area contributed by atoms with E-state index in [0.29, 0.717) is 24.4 Å². The lowest BCUT2D eigenvalue weighted by molar-refractivity contribution is -0.145. The molecule has 2 fully saturated rings. The van der Waals surface area contributed by atoms with E-state index in [0.717, 1.165) is 46.8 Å². The maximum Gasteiger partial charge on any atom is 0.344 e. The van der Waals surface area contributed by atoms with Crippen LogP contribution in [0.3, 0.4) is 0 Å². The average Bonchev–Trinajstić information content (AvgIpc) is 2.96. The van der Waals surface area contributed by atoms with E-state index < -0.39 is 17.1 Å². The van der Waals surface area contributed by atoms with Crippen LogP contribution in [0, 0.1) is 0 Å². The van der Waals surface area contributed by atoms with Gasteiger partial charge in [0.2, 0.25) is 5.91 Å². The lowest BCUT2D eigenvalue weighted by Crippen LogP contribution is -2.42. The molecule has 0 saturated carbocycles. The maximum absolute atomic E-state index is 12.9. The molecule has 8 nitrogen and oxygen atoms in total. The van der Waals surface area contributed by atoms with Crippen LogP contribution in [0.2, 0.25) is 0 Å². The molecule has 2 saturated heterocycles. The van der Waals surface area contributed by atoms with Crippen molar-refractivity contribution in [2.24, 2.45) is 0 Å². The number of nitrogens with zero attached hydrogens (tertiary/aromatic N) is 2. The minimum atomic E-state index is -0.514. The molecule has 32 heavy (non-hydrogen) atoms. The minimum Gasteiger partial charge on any atom is -0.481 e. The molecule has 10 heteroatoms. The van der Waals surface area contributed by atoms with Crippen molar-refractivity contribution in [3.63, 3.8) is 0 Å². The second-order valence-corrected chi connectivity index (χ2v) is 9.25. The summed E-state index contributed by atoms with van der Waals surface area (Å²) in [6.07, 6.45) is 5.57. The molecule has 0 atom stereocenters. The summed E-state index contributed by atoms with van der Waals surface area (Å²) in [5, 5.41) is -0.478. The van der Waals surface area contributed by atoms with Gasteiger partial charge in [-0.25, -0.2) is 4.79 Å². The van der Waals surface area contributed by atoms with Crippen molar-refractivity contribution in [3.8, 4) is 5.75 Å². The van der Waals surface area contributed by atoms with Crippen LogP contribution >= 0.6 is 27.7 Å². The van der Waals surface area contributed by atoms with Crippen molar-refractivity contribution in [2.45, 2.75) is 32.6 Å². The van der Waals surface area contributed by atoms with Crippen molar-refractivity contribution in [1.82, 2.24) is 9.80 Å². The molecule has 2 aliphatic heterocycles. The second-order valence-electron chi connectivity index (χ2n) is 7.34. The third kappa shape index (κ3) is 6.35. The standard InChI is InChI=1S/C22H25BrN2O6S/c1-2-30-20(27)14-31-17-8-7-16(23)11-15(17)12-18-21(28)25(22(29)32-18)13-19(26)24-9-5-3-4-6-10-24/h7-8,11-12H,2-6,9-10,13-14H2,1H3. The number of benzene rings is 1. The first-order valence-electron chi connectivity index (χ1n) is 10.5. The zero-order valence-electron chi connectivity index (χ0n) is 17.8. The number of hydrogen-bond donors (Lipinski definition) is 0. The summed E-state index contributed by atoms with van der Waals surface area (Å²) in [5.74, 6) is -0.863. The Morgan fingerprint density at radius 3 is 2.56 bits per heavy atom. The summed E-state index contributed by atoms with van der Waals surface area (Å²) in [7, 11) is 0. The van der Waals surface area contributed by atoms with Crippen LogP contribution in [0.1, 0.15) is 38.2 Å². The number of carbonyl (C=O) groups excluding carboxylic acids is 4. The van der Waals surface area contributed by atoms with Crippen LogP contribution in [0.5, 0.6) is 5.75 Å². The molecule has 3 amide bonds. The highest BCUT2D eigenvalue weighted by Gasteiger charge is 2.37. The lowest BCUT2D eigenvalue weighted by atomic mass is 10.2. The molecule has 0 aliphatic carbocycles. The molecule has 1 aromatic rings. The summed E-state index contributed by atoms with van der Waals surface area (Å²) in [6.45, 7) is 2.73. The Labute approximate surface area is 199 Å². The van der Waals surface area contributed by atoms with Gasteiger partial charge in [-0.05, 0) is 55.8 Å². The molecule has 3 rings (SSSR count). The highest BCUT2D eigenvalue weighted by Crippen LogP contribution is 2.35. The van der Waals surface area contributed by atoms with E-state index >= 15 is 0 Å². The van der Waals surface area contributed by atoms with Crippen LogP contribution in [-0.4, -0.2) is 65.7 Å². The molecular weight excluding hydrogens is 500 g/mol. The summed E-state index contributed by atoms with van der Waals surface area (Å²) in [6, 6.07) is 5.11. The largest absolute Gasteiger partial charge is 0.481 e. The highest BCUT2D eigenvalue weighted by molar-refractivity contribution is 9.10. The Balaban J connectivity index is 1.73. The molecule has 0 spiro atoms. The van der Waals surface area contributed by atoms with Gasteiger partial charge in [0.25, 0.3) is 11.1 Å². The smallest absolute Gasteiger partial charge is 0.344 e. The van der Waals surface area contributed by atoms with Crippen molar-refractivity contribution in [3.05, 3.63) is 33.1 Å². The van der Waals surface area contributed by atoms with E-state index in [-0.39, 0.29) is 30.6 Å². The average molecular weight is 525 g/mol. The molecule has 2 aliphatic rings. The number of imide groups is 1. The lowest BCUT2D eigenvalue weighted by Gasteiger charge is -2.22. The fourth-order valence-corrected chi connectivity index (χ4v) is 4.64. The molecule has 0 unspecified atom stereocenters. The van der Waals surface area contributed by atoms with Crippen LogP contribution in [0.15, 0.2) is 27.6 Å². The molecule has 0 bridgehead atoms. The van der Waals surface area contributed by atoms with Crippen molar-refractivity contribution >= 4 is 56.8 Å². The number of thioether (sulfide) groups is 1. The number of ether oxygens (including phenoxy) is 2. The summed E-state index contributed by atoms with van der Waals surface area (Å²) in [4.78, 5) is 52.5. The van der Waals surface area contributed by atoms with E-state index in [9.17, 15) is 19.2 Å². The van der Waals surface area contributed by atoms with Gasteiger partial charge in [-0.15, -0.1) is 0 Å². The Morgan fingerprint density at radius 1 is 1.16 bits per heavy atom.